The topological polar surface area (TPSA) is 31.2 Å². The number of hydrogen-bond acceptors (Lipinski definition) is 2. The average Bonchev–Trinajstić information content (AvgIpc) is 2.59. The van der Waals surface area contributed by atoms with Crippen LogP contribution in [0.4, 0.5) is 0 Å². The van der Waals surface area contributed by atoms with Crippen LogP contribution in [0.3, 0.4) is 0 Å². The SMILES string of the molecule is Cc1ccccc1OCCCCn1c(=O)cc(C)c2cccc(C)c21. The predicted molar refractivity (Wildman–Crippen MR) is 104 cm³/mol. The van der Waals surface area contributed by atoms with Gasteiger partial charge in [-0.15, -0.1) is 0 Å². The molecule has 0 spiro atoms. The van der Waals surface area contributed by atoms with Crippen molar-refractivity contribution in [1.29, 1.82) is 0 Å². The molecule has 1 heterocycles. The Morgan fingerprint density at radius 2 is 1.64 bits per heavy atom. The van der Waals surface area contributed by atoms with Crippen molar-refractivity contribution in [2.75, 3.05) is 6.61 Å². The number of ether oxygens (including phenoxy) is 1. The lowest BCUT2D eigenvalue weighted by molar-refractivity contribution is 0.301. The van der Waals surface area contributed by atoms with E-state index in [0.29, 0.717) is 6.61 Å². The highest BCUT2D eigenvalue weighted by Crippen LogP contribution is 2.20. The van der Waals surface area contributed by atoms with Crippen LogP contribution in [-0.2, 0) is 6.54 Å². The van der Waals surface area contributed by atoms with Crippen LogP contribution in [0.25, 0.3) is 10.9 Å². The first-order valence-electron chi connectivity index (χ1n) is 8.86. The minimum absolute atomic E-state index is 0.0825. The first-order valence-corrected chi connectivity index (χ1v) is 8.86. The van der Waals surface area contributed by atoms with E-state index >= 15 is 0 Å². The zero-order chi connectivity index (χ0) is 17.8. The van der Waals surface area contributed by atoms with Crippen LogP contribution in [0.15, 0.2) is 53.3 Å². The van der Waals surface area contributed by atoms with Gasteiger partial charge in [0.1, 0.15) is 5.75 Å². The predicted octanol–water partition coefficient (Wildman–Crippen LogP) is 4.79. The maximum atomic E-state index is 12.5. The molecule has 1 aromatic heterocycles. The number of unbranched alkanes of at least 4 members (excludes halogenated alkanes) is 1. The summed E-state index contributed by atoms with van der Waals surface area (Å²) in [4.78, 5) is 12.5. The summed E-state index contributed by atoms with van der Waals surface area (Å²) in [5.41, 5.74) is 4.49. The van der Waals surface area contributed by atoms with E-state index in [0.717, 1.165) is 52.7 Å². The average molecular weight is 335 g/mol. The van der Waals surface area contributed by atoms with E-state index in [2.05, 4.69) is 38.1 Å². The van der Waals surface area contributed by atoms with Gasteiger partial charge in [-0.1, -0.05) is 36.4 Å². The highest BCUT2D eigenvalue weighted by atomic mass is 16.5. The van der Waals surface area contributed by atoms with E-state index in [-0.39, 0.29) is 5.56 Å². The van der Waals surface area contributed by atoms with Crippen LogP contribution < -0.4 is 10.3 Å². The molecule has 3 nitrogen and oxygen atoms in total. The smallest absolute Gasteiger partial charge is 0.251 e. The first kappa shape index (κ1) is 17.3. The summed E-state index contributed by atoms with van der Waals surface area (Å²) >= 11 is 0. The fourth-order valence-electron chi connectivity index (χ4n) is 3.28. The number of benzene rings is 2. The van der Waals surface area contributed by atoms with Gasteiger partial charge in [0.15, 0.2) is 0 Å². The van der Waals surface area contributed by atoms with Gasteiger partial charge in [0.2, 0.25) is 0 Å². The lowest BCUT2D eigenvalue weighted by Crippen LogP contribution is -2.21. The molecule has 0 unspecified atom stereocenters. The number of hydrogen-bond donors (Lipinski definition) is 0. The number of pyridine rings is 1. The van der Waals surface area contributed by atoms with Gasteiger partial charge >= 0.3 is 0 Å². The highest BCUT2D eigenvalue weighted by Gasteiger charge is 2.08. The van der Waals surface area contributed by atoms with Crippen molar-refractivity contribution in [3.8, 4) is 5.75 Å². The molecule has 0 aliphatic rings. The van der Waals surface area contributed by atoms with E-state index < -0.39 is 0 Å². The molecule has 3 aromatic rings. The summed E-state index contributed by atoms with van der Waals surface area (Å²) in [6.07, 6.45) is 1.83. The quantitative estimate of drug-likeness (QED) is 0.607. The van der Waals surface area contributed by atoms with E-state index in [4.69, 9.17) is 4.74 Å². The summed E-state index contributed by atoms with van der Waals surface area (Å²) in [6, 6.07) is 16.0. The fraction of sp³-hybridized carbons (Fsp3) is 0.318. The van der Waals surface area contributed by atoms with E-state index in [1.54, 1.807) is 6.07 Å². The molecule has 0 amide bonds. The third kappa shape index (κ3) is 3.76. The van der Waals surface area contributed by atoms with Crippen molar-refractivity contribution in [3.05, 3.63) is 75.6 Å². The van der Waals surface area contributed by atoms with Gasteiger partial charge in [-0.3, -0.25) is 4.79 Å². The lowest BCUT2D eigenvalue weighted by Gasteiger charge is -2.14. The summed E-state index contributed by atoms with van der Waals surface area (Å²) in [7, 11) is 0. The molecule has 130 valence electrons. The van der Waals surface area contributed by atoms with Crippen LogP contribution in [0.2, 0.25) is 0 Å². The minimum atomic E-state index is 0.0825. The largest absolute Gasteiger partial charge is 0.493 e. The zero-order valence-corrected chi connectivity index (χ0v) is 15.2. The van der Waals surface area contributed by atoms with Gasteiger partial charge in [0.25, 0.3) is 5.56 Å². The molecule has 0 atom stereocenters. The second-order valence-corrected chi connectivity index (χ2v) is 6.61. The van der Waals surface area contributed by atoms with Crippen LogP contribution >= 0.6 is 0 Å². The Morgan fingerprint density at radius 3 is 2.44 bits per heavy atom. The Bertz CT molecular complexity index is 940. The van der Waals surface area contributed by atoms with Gasteiger partial charge in [0, 0.05) is 18.0 Å². The second kappa shape index (κ2) is 7.56. The molecule has 0 aliphatic carbocycles. The Kier molecular flexibility index (Phi) is 5.22. The Morgan fingerprint density at radius 1 is 0.880 bits per heavy atom. The Labute approximate surface area is 148 Å². The Hall–Kier alpha value is -2.55. The second-order valence-electron chi connectivity index (χ2n) is 6.61. The number of aromatic nitrogens is 1. The van der Waals surface area contributed by atoms with Gasteiger partial charge in [-0.25, -0.2) is 0 Å². The maximum absolute atomic E-state index is 12.5. The van der Waals surface area contributed by atoms with Crippen molar-refractivity contribution in [1.82, 2.24) is 4.57 Å². The van der Waals surface area contributed by atoms with Crippen molar-refractivity contribution < 1.29 is 4.74 Å². The van der Waals surface area contributed by atoms with E-state index in [1.165, 1.54) is 0 Å². The summed E-state index contributed by atoms with van der Waals surface area (Å²) in [6.45, 7) is 7.51. The van der Waals surface area contributed by atoms with Crippen molar-refractivity contribution in [2.24, 2.45) is 0 Å². The molecule has 0 fully saturated rings. The number of fused-ring (bicyclic) bond motifs is 1. The summed E-state index contributed by atoms with van der Waals surface area (Å²) < 4.78 is 7.76. The minimum Gasteiger partial charge on any atom is -0.493 e. The van der Waals surface area contributed by atoms with E-state index in [9.17, 15) is 4.79 Å². The number of para-hydroxylation sites is 2. The highest BCUT2D eigenvalue weighted by molar-refractivity contribution is 5.85. The van der Waals surface area contributed by atoms with Gasteiger partial charge in [0.05, 0.1) is 12.1 Å². The van der Waals surface area contributed by atoms with Crippen LogP contribution in [0, 0.1) is 20.8 Å². The standard InChI is InChI=1S/C22H25NO2/c1-16-9-4-5-12-20(16)25-14-7-6-13-23-21(24)15-18(3)19-11-8-10-17(2)22(19)23/h4-5,8-12,15H,6-7,13-14H2,1-3H3. The van der Waals surface area contributed by atoms with Crippen molar-refractivity contribution in [3.63, 3.8) is 0 Å². The van der Waals surface area contributed by atoms with Crippen LogP contribution in [0.1, 0.15) is 29.5 Å². The normalized spacial score (nSPS) is 11.0. The number of rotatable bonds is 6. The van der Waals surface area contributed by atoms with Crippen molar-refractivity contribution in [2.45, 2.75) is 40.2 Å². The van der Waals surface area contributed by atoms with Crippen LogP contribution in [0.5, 0.6) is 5.75 Å². The molecule has 0 saturated heterocycles. The van der Waals surface area contributed by atoms with Crippen LogP contribution in [-0.4, -0.2) is 11.2 Å². The molecule has 0 bridgehead atoms. The Balaban J connectivity index is 1.68. The molecule has 0 aliphatic heterocycles. The molecular formula is C22H25NO2. The molecule has 3 rings (SSSR count). The monoisotopic (exact) mass is 335 g/mol. The number of aryl methyl sites for hydroxylation is 4. The molecule has 0 radical (unpaired) electrons. The molecule has 3 heteroatoms. The van der Waals surface area contributed by atoms with Gasteiger partial charge < -0.3 is 9.30 Å². The maximum Gasteiger partial charge on any atom is 0.251 e. The first-order chi connectivity index (χ1) is 12.1. The van der Waals surface area contributed by atoms with Gasteiger partial charge in [-0.05, 0) is 56.4 Å². The third-order valence-corrected chi connectivity index (χ3v) is 4.67. The molecule has 2 aromatic carbocycles. The number of nitrogens with zero attached hydrogens (tertiary/aromatic N) is 1. The van der Waals surface area contributed by atoms with Gasteiger partial charge in [-0.2, -0.15) is 0 Å². The fourth-order valence-corrected chi connectivity index (χ4v) is 3.28. The molecular weight excluding hydrogens is 310 g/mol. The molecule has 0 N–H and O–H groups in total. The van der Waals surface area contributed by atoms with Crippen molar-refractivity contribution >= 4 is 10.9 Å². The molecule has 25 heavy (non-hydrogen) atoms. The lowest BCUT2D eigenvalue weighted by atomic mass is 10.1. The summed E-state index contributed by atoms with van der Waals surface area (Å²) in [5, 5.41) is 1.16. The van der Waals surface area contributed by atoms with E-state index in [1.807, 2.05) is 29.7 Å². The zero-order valence-electron chi connectivity index (χ0n) is 15.2. The molecule has 0 saturated carbocycles. The third-order valence-electron chi connectivity index (χ3n) is 4.67. The summed E-state index contributed by atoms with van der Waals surface area (Å²) in [5.74, 6) is 0.941.